The first-order valence-corrected chi connectivity index (χ1v) is 6.11. The highest BCUT2D eigenvalue weighted by molar-refractivity contribution is 4.88. The maximum absolute atomic E-state index is 6.00. The van der Waals surface area contributed by atoms with Crippen molar-refractivity contribution in [3.05, 3.63) is 0 Å². The molecule has 1 saturated carbocycles. The van der Waals surface area contributed by atoms with Crippen molar-refractivity contribution in [1.29, 1.82) is 0 Å². The van der Waals surface area contributed by atoms with Crippen LogP contribution in [0.2, 0.25) is 0 Å². The van der Waals surface area contributed by atoms with Crippen molar-refractivity contribution in [2.45, 2.75) is 72.3 Å². The lowest BCUT2D eigenvalue weighted by atomic mass is 9.62. The van der Waals surface area contributed by atoms with Gasteiger partial charge in [0.1, 0.15) is 0 Å². The maximum atomic E-state index is 6.00. The van der Waals surface area contributed by atoms with Gasteiger partial charge in [-0.1, -0.05) is 40.5 Å². The fraction of sp³-hybridized carbons (Fsp3) is 1.00. The first-order chi connectivity index (χ1) is 6.35. The Morgan fingerprint density at radius 1 is 1.07 bits per heavy atom. The number of rotatable bonds is 0. The normalized spacial score (nSPS) is 36.2. The number of hydrogen-bond donors (Lipinski definition) is 1. The summed E-state index contributed by atoms with van der Waals surface area (Å²) < 4.78 is 0. The molecule has 1 heteroatoms. The van der Waals surface area contributed by atoms with Gasteiger partial charge in [0.25, 0.3) is 0 Å². The third kappa shape index (κ3) is 2.73. The SMILES string of the molecule is CC(C)(C)C1(C)CCCC(N)CCC1. The predicted octanol–water partition coefficient (Wildman–Crippen LogP) is 3.72. The van der Waals surface area contributed by atoms with Gasteiger partial charge in [-0.05, 0) is 36.5 Å². The minimum absolute atomic E-state index is 0.439. The number of nitrogens with two attached hydrogens (primary N) is 1. The van der Waals surface area contributed by atoms with E-state index in [0.29, 0.717) is 16.9 Å². The summed E-state index contributed by atoms with van der Waals surface area (Å²) >= 11 is 0. The Hall–Kier alpha value is -0.0400. The third-order valence-corrected chi connectivity index (χ3v) is 4.42. The Balaban J connectivity index is 2.62. The molecule has 0 unspecified atom stereocenters. The summed E-state index contributed by atoms with van der Waals surface area (Å²) in [4.78, 5) is 0. The molecule has 1 rings (SSSR count). The molecule has 0 aliphatic heterocycles. The lowest BCUT2D eigenvalue weighted by molar-refractivity contribution is 0.0707. The van der Waals surface area contributed by atoms with Crippen LogP contribution in [0.3, 0.4) is 0 Å². The van der Waals surface area contributed by atoms with Gasteiger partial charge in [0.2, 0.25) is 0 Å². The van der Waals surface area contributed by atoms with Crippen LogP contribution < -0.4 is 5.73 Å². The van der Waals surface area contributed by atoms with Crippen molar-refractivity contribution < 1.29 is 0 Å². The minimum Gasteiger partial charge on any atom is -0.328 e. The van der Waals surface area contributed by atoms with E-state index in [1.54, 1.807) is 0 Å². The molecule has 0 heterocycles. The Bertz CT molecular complexity index is 168. The summed E-state index contributed by atoms with van der Waals surface area (Å²) in [6.45, 7) is 9.61. The zero-order chi connectivity index (χ0) is 10.8. The molecule has 1 aliphatic carbocycles. The monoisotopic (exact) mass is 197 g/mol. The van der Waals surface area contributed by atoms with Gasteiger partial charge in [0, 0.05) is 6.04 Å². The van der Waals surface area contributed by atoms with Crippen LogP contribution >= 0.6 is 0 Å². The van der Waals surface area contributed by atoms with Gasteiger partial charge in [0.15, 0.2) is 0 Å². The van der Waals surface area contributed by atoms with E-state index in [-0.39, 0.29) is 0 Å². The summed E-state index contributed by atoms with van der Waals surface area (Å²) in [5.41, 5.74) is 6.96. The van der Waals surface area contributed by atoms with E-state index in [2.05, 4.69) is 27.7 Å². The lowest BCUT2D eigenvalue weighted by Gasteiger charge is -2.44. The van der Waals surface area contributed by atoms with Crippen LogP contribution in [-0.4, -0.2) is 6.04 Å². The molecule has 1 fully saturated rings. The summed E-state index contributed by atoms with van der Waals surface area (Å²) in [6, 6.07) is 0.472. The zero-order valence-corrected chi connectivity index (χ0v) is 10.4. The summed E-state index contributed by atoms with van der Waals surface area (Å²) in [5, 5.41) is 0. The molecule has 0 saturated heterocycles. The van der Waals surface area contributed by atoms with Crippen LogP contribution in [0.4, 0.5) is 0 Å². The molecule has 1 nitrogen and oxygen atoms in total. The van der Waals surface area contributed by atoms with Crippen LogP contribution in [0.5, 0.6) is 0 Å². The van der Waals surface area contributed by atoms with E-state index in [0.717, 1.165) is 0 Å². The first-order valence-electron chi connectivity index (χ1n) is 6.11. The molecule has 14 heavy (non-hydrogen) atoms. The molecule has 0 bridgehead atoms. The van der Waals surface area contributed by atoms with Crippen LogP contribution in [0.15, 0.2) is 0 Å². The third-order valence-electron chi connectivity index (χ3n) is 4.42. The van der Waals surface area contributed by atoms with Crippen molar-refractivity contribution in [1.82, 2.24) is 0 Å². The van der Waals surface area contributed by atoms with Gasteiger partial charge in [-0.15, -0.1) is 0 Å². The van der Waals surface area contributed by atoms with Gasteiger partial charge < -0.3 is 5.73 Å². The maximum Gasteiger partial charge on any atom is 0.00388 e. The average molecular weight is 197 g/mol. The molecule has 0 aromatic heterocycles. The molecule has 2 N–H and O–H groups in total. The van der Waals surface area contributed by atoms with Crippen LogP contribution in [0.1, 0.15) is 66.2 Å². The van der Waals surface area contributed by atoms with E-state index < -0.39 is 0 Å². The van der Waals surface area contributed by atoms with E-state index in [4.69, 9.17) is 5.73 Å². The Kier molecular flexibility index (Phi) is 3.63. The van der Waals surface area contributed by atoms with E-state index >= 15 is 0 Å². The summed E-state index contributed by atoms with van der Waals surface area (Å²) in [7, 11) is 0. The highest BCUT2D eigenvalue weighted by Crippen LogP contribution is 2.47. The van der Waals surface area contributed by atoms with Crippen LogP contribution in [0, 0.1) is 10.8 Å². The molecule has 1 aliphatic rings. The Morgan fingerprint density at radius 3 is 1.86 bits per heavy atom. The molecule has 84 valence electrons. The first kappa shape index (κ1) is 12.0. The van der Waals surface area contributed by atoms with Gasteiger partial charge in [-0.3, -0.25) is 0 Å². The van der Waals surface area contributed by atoms with Crippen LogP contribution in [-0.2, 0) is 0 Å². The second kappa shape index (κ2) is 4.22. The summed E-state index contributed by atoms with van der Waals surface area (Å²) in [5.74, 6) is 0. The molecule has 0 radical (unpaired) electrons. The largest absolute Gasteiger partial charge is 0.328 e. The summed E-state index contributed by atoms with van der Waals surface area (Å²) in [6.07, 6.45) is 7.79. The number of hydrogen-bond acceptors (Lipinski definition) is 1. The minimum atomic E-state index is 0.439. The highest BCUT2D eigenvalue weighted by Gasteiger charge is 2.37. The van der Waals surface area contributed by atoms with Crippen molar-refractivity contribution in [2.75, 3.05) is 0 Å². The molecular weight excluding hydrogens is 170 g/mol. The lowest BCUT2D eigenvalue weighted by Crippen LogP contribution is -2.35. The molecular formula is C13H27N. The Morgan fingerprint density at radius 2 is 1.50 bits per heavy atom. The second-order valence-electron chi connectivity index (χ2n) is 6.36. The van der Waals surface area contributed by atoms with Crippen molar-refractivity contribution in [3.63, 3.8) is 0 Å². The van der Waals surface area contributed by atoms with E-state index in [1.807, 2.05) is 0 Å². The quantitative estimate of drug-likeness (QED) is 0.629. The van der Waals surface area contributed by atoms with Crippen molar-refractivity contribution in [2.24, 2.45) is 16.6 Å². The van der Waals surface area contributed by atoms with Gasteiger partial charge in [-0.25, -0.2) is 0 Å². The van der Waals surface area contributed by atoms with Gasteiger partial charge in [-0.2, -0.15) is 0 Å². The predicted molar refractivity (Wildman–Crippen MR) is 63.2 cm³/mol. The fourth-order valence-electron chi connectivity index (χ4n) is 2.53. The van der Waals surface area contributed by atoms with Gasteiger partial charge in [0.05, 0.1) is 0 Å². The second-order valence-corrected chi connectivity index (χ2v) is 6.36. The fourth-order valence-corrected chi connectivity index (χ4v) is 2.53. The van der Waals surface area contributed by atoms with Crippen LogP contribution in [0.25, 0.3) is 0 Å². The molecule has 0 amide bonds. The molecule has 0 aromatic carbocycles. The van der Waals surface area contributed by atoms with Crippen molar-refractivity contribution >= 4 is 0 Å². The van der Waals surface area contributed by atoms with Gasteiger partial charge >= 0.3 is 0 Å². The van der Waals surface area contributed by atoms with E-state index in [1.165, 1.54) is 38.5 Å². The standard InChI is InChI=1S/C13H27N/c1-12(2,3)13(4)9-5-7-11(14)8-6-10-13/h11H,5-10,14H2,1-4H3. The molecule has 0 spiro atoms. The van der Waals surface area contributed by atoms with E-state index in [9.17, 15) is 0 Å². The average Bonchev–Trinajstić information content (AvgIpc) is 1.99. The smallest absolute Gasteiger partial charge is 0.00388 e. The molecule has 0 aromatic rings. The zero-order valence-electron chi connectivity index (χ0n) is 10.4. The highest BCUT2D eigenvalue weighted by atomic mass is 14.6. The Labute approximate surface area is 89.5 Å². The van der Waals surface area contributed by atoms with Crippen molar-refractivity contribution in [3.8, 4) is 0 Å². The molecule has 0 atom stereocenters. The topological polar surface area (TPSA) is 26.0 Å².